The van der Waals surface area contributed by atoms with Crippen molar-refractivity contribution in [3.8, 4) is 0 Å². The van der Waals surface area contributed by atoms with Gasteiger partial charge in [0.1, 0.15) is 0 Å². The number of hydrogen-bond donors (Lipinski definition) is 1. The summed E-state index contributed by atoms with van der Waals surface area (Å²) in [5.41, 5.74) is 3.94. The van der Waals surface area contributed by atoms with Gasteiger partial charge in [0.2, 0.25) is 0 Å². The van der Waals surface area contributed by atoms with Crippen molar-refractivity contribution in [1.29, 1.82) is 0 Å². The Balaban J connectivity index is 1.63. The fourth-order valence-corrected chi connectivity index (χ4v) is 6.21. The number of benzene rings is 2. The lowest BCUT2D eigenvalue weighted by molar-refractivity contribution is 0.0266. The van der Waals surface area contributed by atoms with Gasteiger partial charge in [-0.15, -0.1) is 0 Å². The van der Waals surface area contributed by atoms with Gasteiger partial charge >= 0.3 is 0 Å². The number of rotatable bonds is 3. The standard InChI is InChI=1S/C24H28N2O/c27-25-22-17-24(26-13-7-8-14-26)15-20(18-9-3-1-4-10-18)23(22)21(16-24)19-11-5-2-6-12-19/h1-6,9-12,20-21,23,27H,7-8,13-17H2/b25-22+/t20-,21-,23?,24?/m0/s1. The average molecular weight is 361 g/mol. The van der Waals surface area contributed by atoms with E-state index in [1.807, 2.05) is 0 Å². The first-order valence-electron chi connectivity index (χ1n) is 10.4. The summed E-state index contributed by atoms with van der Waals surface area (Å²) in [6.45, 7) is 2.37. The molecule has 0 aromatic heterocycles. The summed E-state index contributed by atoms with van der Waals surface area (Å²) in [6, 6.07) is 21.8. The van der Waals surface area contributed by atoms with Crippen molar-refractivity contribution in [1.82, 2.24) is 4.90 Å². The monoisotopic (exact) mass is 360 g/mol. The highest BCUT2D eigenvalue weighted by Crippen LogP contribution is 2.59. The highest BCUT2D eigenvalue weighted by molar-refractivity contribution is 5.91. The van der Waals surface area contributed by atoms with Crippen molar-refractivity contribution in [2.45, 2.75) is 49.5 Å². The van der Waals surface area contributed by atoms with Crippen LogP contribution in [0.1, 0.15) is 55.1 Å². The minimum absolute atomic E-state index is 0.133. The molecule has 4 fully saturated rings. The van der Waals surface area contributed by atoms with Gasteiger partial charge in [0.25, 0.3) is 0 Å². The second-order valence-electron chi connectivity index (χ2n) is 8.65. The molecule has 1 heterocycles. The molecule has 2 bridgehead atoms. The van der Waals surface area contributed by atoms with Crippen LogP contribution in [0.25, 0.3) is 0 Å². The summed E-state index contributed by atoms with van der Waals surface area (Å²) in [4.78, 5) is 2.72. The summed E-state index contributed by atoms with van der Waals surface area (Å²) in [7, 11) is 0. The number of oxime groups is 1. The van der Waals surface area contributed by atoms with Gasteiger partial charge in [0.15, 0.2) is 0 Å². The van der Waals surface area contributed by atoms with E-state index in [0.717, 1.165) is 12.1 Å². The maximum Gasteiger partial charge on any atom is 0.0632 e. The first-order chi connectivity index (χ1) is 13.3. The van der Waals surface area contributed by atoms with Crippen LogP contribution in [0.15, 0.2) is 65.8 Å². The number of fused-ring (bicyclic) bond motifs is 3. The van der Waals surface area contributed by atoms with Crippen molar-refractivity contribution < 1.29 is 5.21 Å². The predicted molar refractivity (Wildman–Crippen MR) is 108 cm³/mol. The van der Waals surface area contributed by atoms with Crippen molar-refractivity contribution in [2.24, 2.45) is 11.1 Å². The van der Waals surface area contributed by atoms with Crippen molar-refractivity contribution in [3.63, 3.8) is 0 Å². The van der Waals surface area contributed by atoms with Gasteiger partial charge in [-0.05, 0) is 61.7 Å². The van der Waals surface area contributed by atoms with Crippen LogP contribution in [0, 0.1) is 5.92 Å². The van der Waals surface area contributed by atoms with Crippen LogP contribution in [0.2, 0.25) is 0 Å². The van der Waals surface area contributed by atoms with Gasteiger partial charge in [-0.1, -0.05) is 65.8 Å². The maximum absolute atomic E-state index is 9.97. The minimum Gasteiger partial charge on any atom is -0.411 e. The van der Waals surface area contributed by atoms with E-state index in [1.165, 1.54) is 49.9 Å². The van der Waals surface area contributed by atoms with E-state index < -0.39 is 0 Å². The summed E-state index contributed by atoms with van der Waals surface area (Å²) >= 11 is 0. The molecule has 140 valence electrons. The lowest BCUT2D eigenvalue weighted by Crippen LogP contribution is -2.60. The quantitative estimate of drug-likeness (QED) is 0.615. The van der Waals surface area contributed by atoms with Crippen molar-refractivity contribution in [3.05, 3.63) is 71.8 Å². The lowest BCUT2D eigenvalue weighted by Gasteiger charge is -2.58. The van der Waals surface area contributed by atoms with Crippen LogP contribution in [-0.4, -0.2) is 34.4 Å². The van der Waals surface area contributed by atoms with E-state index in [9.17, 15) is 5.21 Å². The summed E-state index contributed by atoms with van der Waals surface area (Å²) in [5, 5.41) is 13.9. The van der Waals surface area contributed by atoms with E-state index in [1.54, 1.807) is 0 Å². The molecule has 3 aliphatic carbocycles. The molecule has 4 aliphatic rings. The second-order valence-corrected chi connectivity index (χ2v) is 8.65. The van der Waals surface area contributed by atoms with Crippen LogP contribution in [0.4, 0.5) is 0 Å². The first kappa shape index (κ1) is 17.0. The number of likely N-dealkylation sites (tertiary alicyclic amines) is 1. The topological polar surface area (TPSA) is 35.8 Å². The Morgan fingerprint density at radius 1 is 0.815 bits per heavy atom. The molecule has 0 unspecified atom stereocenters. The first-order valence-corrected chi connectivity index (χ1v) is 10.4. The van der Waals surface area contributed by atoms with Crippen LogP contribution in [0.3, 0.4) is 0 Å². The fraction of sp³-hybridized carbons (Fsp3) is 0.458. The van der Waals surface area contributed by atoms with Crippen LogP contribution >= 0.6 is 0 Å². The molecule has 3 nitrogen and oxygen atoms in total. The van der Waals surface area contributed by atoms with E-state index >= 15 is 0 Å². The molecule has 0 radical (unpaired) electrons. The summed E-state index contributed by atoms with van der Waals surface area (Å²) in [6.07, 6.45) is 5.89. The molecule has 2 aromatic carbocycles. The third kappa shape index (κ3) is 2.80. The normalized spacial score (nSPS) is 35.0. The van der Waals surface area contributed by atoms with Crippen LogP contribution < -0.4 is 0 Å². The van der Waals surface area contributed by atoms with E-state index in [4.69, 9.17) is 0 Å². The van der Waals surface area contributed by atoms with Gasteiger partial charge in [-0.3, -0.25) is 4.90 Å². The van der Waals surface area contributed by atoms with Gasteiger partial charge in [0, 0.05) is 17.9 Å². The van der Waals surface area contributed by atoms with Crippen LogP contribution in [0.5, 0.6) is 0 Å². The van der Waals surface area contributed by atoms with Gasteiger partial charge in [0.05, 0.1) is 5.71 Å². The van der Waals surface area contributed by atoms with Crippen LogP contribution in [-0.2, 0) is 0 Å². The van der Waals surface area contributed by atoms with E-state index in [-0.39, 0.29) is 5.54 Å². The van der Waals surface area contributed by atoms with Crippen molar-refractivity contribution >= 4 is 5.71 Å². The van der Waals surface area contributed by atoms with Gasteiger partial charge < -0.3 is 5.21 Å². The van der Waals surface area contributed by atoms with Gasteiger partial charge in [-0.25, -0.2) is 0 Å². The zero-order valence-electron chi connectivity index (χ0n) is 15.8. The Hall–Kier alpha value is -2.13. The molecule has 1 saturated heterocycles. The Labute approximate surface area is 161 Å². The predicted octanol–water partition coefficient (Wildman–Crippen LogP) is 5.03. The molecule has 2 atom stereocenters. The smallest absolute Gasteiger partial charge is 0.0632 e. The summed E-state index contributed by atoms with van der Waals surface area (Å²) in [5.74, 6) is 1.14. The molecule has 3 saturated carbocycles. The second kappa shape index (κ2) is 6.79. The third-order valence-electron chi connectivity index (χ3n) is 7.32. The molecule has 0 amide bonds. The lowest BCUT2D eigenvalue weighted by atomic mass is 9.52. The molecule has 6 rings (SSSR count). The Bertz CT molecular complexity index is 761. The van der Waals surface area contributed by atoms with E-state index in [2.05, 4.69) is 70.7 Å². The molecular formula is C24H28N2O. The molecule has 2 aromatic rings. The Morgan fingerprint density at radius 2 is 1.33 bits per heavy atom. The highest BCUT2D eigenvalue weighted by atomic mass is 16.4. The highest BCUT2D eigenvalue weighted by Gasteiger charge is 2.57. The third-order valence-corrected chi connectivity index (χ3v) is 7.32. The van der Waals surface area contributed by atoms with Gasteiger partial charge in [-0.2, -0.15) is 0 Å². The molecule has 27 heavy (non-hydrogen) atoms. The summed E-state index contributed by atoms with van der Waals surface area (Å²) < 4.78 is 0. The molecule has 1 aliphatic heterocycles. The minimum atomic E-state index is 0.133. The number of nitrogens with zero attached hydrogens (tertiary/aromatic N) is 2. The zero-order chi connectivity index (χ0) is 18.3. The molecule has 3 heteroatoms. The zero-order valence-corrected chi connectivity index (χ0v) is 15.8. The fourth-order valence-electron chi connectivity index (χ4n) is 6.21. The SMILES string of the molecule is O/N=C1\CC2(N3CCCC3)C[C@@H](c3ccccc3)C1[C@H](c1ccccc1)C2. The Kier molecular flexibility index (Phi) is 4.28. The molecule has 0 spiro atoms. The molecular weight excluding hydrogens is 332 g/mol. The number of hydrogen-bond acceptors (Lipinski definition) is 3. The van der Waals surface area contributed by atoms with E-state index in [0.29, 0.717) is 17.8 Å². The maximum atomic E-state index is 9.97. The average Bonchev–Trinajstić information content (AvgIpc) is 3.30. The van der Waals surface area contributed by atoms with Crippen molar-refractivity contribution in [2.75, 3.05) is 13.1 Å². The molecule has 1 N–H and O–H groups in total. The Morgan fingerprint density at radius 3 is 1.81 bits per heavy atom. The largest absolute Gasteiger partial charge is 0.411 e.